The Bertz CT molecular complexity index is 1340. The molecule has 0 N–H and O–H groups in total. The van der Waals surface area contributed by atoms with Crippen molar-refractivity contribution in [3.8, 4) is 11.5 Å². The maximum atomic E-state index is 13.1. The number of carbonyl (C=O) groups excluding carboxylic acids is 1. The lowest BCUT2D eigenvalue weighted by Gasteiger charge is -2.14. The average molecular weight is 521 g/mol. The molecule has 1 heterocycles. The fraction of sp³-hybridized carbons (Fsp3) is 0.185. The number of benzene rings is 3. The van der Waals surface area contributed by atoms with Gasteiger partial charge in [0.25, 0.3) is 11.6 Å². The summed E-state index contributed by atoms with van der Waals surface area (Å²) < 4.78 is 12.1. The van der Waals surface area contributed by atoms with E-state index in [0.29, 0.717) is 27.1 Å². The van der Waals surface area contributed by atoms with Gasteiger partial charge >= 0.3 is 0 Å². The van der Waals surface area contributed by atoms with Gasteiger partial charge in [-0.25, -0.2) is 0 Å². The Morgan fingerprint density at radius 2 is 1.75 bits per heavy atom. The predicted molar refractivity (Wildman–Crippen MR) is 145 cm³/mol. The standard InChI is InChI=1S/C27H24N2O5S2/c1-18-8-10-23(14-19(18)2)33-12-13-34-24-11-9-22(29(31)32)15-21(24)16-25-26(30)28(27(35)36-25)17-20-6-4-3-5-7-20/h3-11,14-16H,12-13,17H2,1-2H3/b25-16+. The van der Waals surface area contributed by atoms with E-state index < -0.39 is 4.92 Å². The highest BCUT2D eigenvalue weighted by Gasteiger charge is 2.32. The summed E-state index contributed by atoms with van der Waals surface area (Å²) in [6.07, 6.45) is 1.59. The molecule has 3 aromatic rings. The van der Waals surface area contributed by atoms with Crippen LogP contribution in [0, 0.1) is 24.0 Å². The molecule has 1 aliphatic heterocycles. The molecule has 1 aliphatic rings. The zero-order valence-corrected chi connectivity index (χ0v) is 21.4. The number of nitro benzene ring substituents is 1. The van der Waals surface area contributed by atoms with Crippen LogP contribution in [-0.2, 0) is 11.3 Å². The number of thiocarbonyl (C=S) groups is 1. The summed E-state index contributed by atoms with van der Waals surface area (Å²) in [5.41, 5.74) is 3.60. The number of hydrogen-bond donors (Lipinski definition) is 0. The first-order chi connectivity index (χ1) is 17.3. The van der Waals surface area contributed by atoms with Gasteiger partial charge in [-0.2, -0.15) is 0 Å². The average Bonchev–Trinajstić information content (AvgIpc) is 3.12. The molecule has 1 amide bonds. The Labute approximate surface area is 218 Å². The molecular formula is C27H24N2O5S2. The Hall–Kier alpha value is -3.69. The van der Waals surface area contributed by atoms with E-state index in [1.807, 2.05) is 62.4 Å². The third kappa shape index (κ3) is 6.10. The van der Waals surface area contributed by atoms with E-state index in [1.54, 1.807) is 6.08 Å². The molecule has 9 heteroatoms. The second-order valence-corrected chi connectivity index (χ2v) is 9.85. The van der Waals surface area contributed by atoms with Gasteiger partial charge in [0.15, 0.2) is 0 Å². The first kappa shape index (κ1) is 25.4. The van der Waals surface area contributed by atoms with Crippen molar-refractivity contribution in [1.29, 1.82) is 0 Å². The number of nitro groups is 1. The van der Waals surface area contributed by atoms with Gasteiger partial charge in [-0.15, -0.1) is 0 Å². The van der Waals surface area contributed by atoms with Crippen molar-refractivity contribution in [3.05, 3.63) is 104 Å². The molecule has 0 spiro atoms. The summed E-state index contributed by atoms with van der Waals surface area (Å²) in [7, 11) is 0. The number of non-ortho nitro benzene ring substituents is 1. The summed E-state index contributed by atoms with van der Waals surface area (Å²) in [5, 5.41) is 11.4. The number of ether oxygens (including phenoxy) is 2. The molecule has 0 unspecified atom stereocenters. The van der Waals surface area contributed by atoms with Crippen LogP contribution in [0.1, 0.15) is 22.3 Å². The Balaban J connectivity index is 1.49. The van der Waals surface area contributed by atoms with E-state index >= 15 is 0 Å². The van der Waals surface area contributed by atoms with Gasteiger partial charge < -0.3 is 9.47 Å². The van der Waals surface area contributed by atoms with E-state index in [1.165, 1.54) is 40.4 Å². The third-order valence-corrected chi connectivity index (χ3v) is 7.01. The normalized spacial score (nSPS) is 14.4. The van der Waals surface area contributed by atoms with Crippen LogP contribution in [-0.4, -0.2) is 33.3 Å². The molecule has 36 heavy (non-hydrogen) atoms. The van der Waals surface area contributed by atoms with E-state index in [4.69, 9.17) is 21.7 Å². The van der Waals surface area contributed by atoms with Crippen LogP contribution in [0.15, 0.2) is 71.6 Å². The second kappa shape index (κ2) is 11.4. The van der Waals surface area contributed by atoms with Crippen LogP contribution in [0.2, 0.25) is 0 Å². The molecule has 1 fully saturated rings. The van der Waals surface area contributed by atoms with Gasteiger partial charge in [-0.1, -0.05) is 60.4 Å². The number of nitrogens with zero attached hydrogens (tertiary/aromatic N) is 2. The first-order valence-corrected chi connectivity index (χ1v) is 12.4. The number of amides is 1. The van der Waals surface area contributed by atoms with Crippen molar-refractivity contribution in [3.63, 3.8) is 0 Å². The summed E-state index contributed by atoms with van der Waals surface area (Å²) in [6.45, 7) is 4.92. The number of rotatable bonds is 9. The molecule has 7 nitrogen and oxygen atoms in total. The molecule has 0 bridgehead atoms. The molecule has 0 atom stereocenters. The largest absolute Gasteiger partial charge is 0.490 e. The van der Waals surface area contributed by atoms with Crippen molar-refractivity contribution in [2.24, 2.45) is 0 Å². The van der Waals surface area contributed by atoms with Gasteiger partial charge in [0.05, 0.1) is 16.4 Å². The van der Waals surface area contributed by atoms with Crippen LogP contribution >= 0.6 is 24.0 Å². The molecule has 0 saturated carbocycles. The molecule has 4 rings (SSSR count). The fourth-order valence-electron chi connectivity index (χ4n) is 3.55. The van der Waals surface area contributed by atoms with Crippen molar-refractivity contribution in [1.82, 2.24) is 4.90 Å². The molecular weight excluding hydrogens is 496 g/mol. The highest BCUT2D eigenvalue weighted by atomic mass is 32.2. The van der Waals surface area contributed by atoms with Gasteiger partial charge in [-0.05, 0) is 54.8 Å². The van der Waals surface area contributed by atoms with Crippen LogP contribution in [0.25, 0.3) is 6.08 Å². The Kier molecular flexibility index (Phi) is 8.02. The molecule has 3 aromatic carbocycles. The number of thioether (sulfide) groups is 1. The van der Waals surface area contributed by atoms with E-state index in [2.05, 4.69) is 0 Å². The molecule has 184 valence electrons. The quantitative estimate of drug-likeness (QED) is 0.111. The zero-order chi connectivity index (χ0) is 25.7. The lowest BCUT2D eigenvalue weighted by atomic mass is 10.1. The highest BCUT2D eigenvalue weighted by Crippen LogP contribution is 2.36. The fourth-order valence-corrected chi connectivity index (χ4v) is 4.80. The Morgan fingerprint density at radius 1 is 1.00 bits per heavy atom. The van der Waals surface area contributed by atoms with Crippen molar-refractivity contribution in [2.75, 3.05) is 13.2 Å². The number of aryl methyl sites for hydroxylation is 2. The summed E-state index contributed by atoms with van der Waals surface area (Å²) in [4.78, 5) is 25.9. The minimum Gasteiger partial charge on any atom is -0.490 e. The smallest absolute Gasteiger partial charge is 0.270 e. The minimum absolute atomic E-state index is 0.0975. The predicted octanol–water partition coefficient (Wildman–Crippen LogP) is 6.07. The number of hydrogen-bond acceptors (Lipinski definition) is 7. The zero-order valence-electron chi connectivity index (χ0n) is 19.8. The van der Waals surface area contributed by atoms with Gasteiger partial charge in [-0.3, -0.25) is 19.8 Å². The first-order valence-electron chi connectivity index (χ1n) is 11.2. The topological polar surface area (TPSA) is 81.9 Å². The highest BCUT2D eigenvalue weighted by molar-refractivity contribution is 8.26. The van der Waals surface area contributed by atoms with Crippen molar-refractivity contribution < 1.29 is 19.2 Å². The van der Waals surface area contributed by atoms with Crippen LogP contribution < -0.4 is 9.47 Å². The minimum atomic E-state index is -0.482. The summed E-state index contributed by atoms with van der Waals surface area (Å²) in [5.74, 6) is 0.912. The van der Waals surface area contributed by atoms with Crippen molar-refractivity contribution in [2.45, 2.75) is 20.4 Å². The molecule has 1 saturated heterocycles. The summed E-state index contributed by atoms with van der Waals surface area (Å²) >= 11 is 6.60. The van der Waals surface area contributed by atoms with Gasteiger partial charge in [0.2, 0.25) is 0 Å². The molecule has 0 radical (unpaired) electrons. The third-order valence-electron chi connectivity index (χ3n) is 5.64. The Morgan fingerprint density at radius 3 is 2.47 bits per heavy atom. The van der Waals surface area contributed by atoms with Crippen LogP contribution in [0.4, 0.5) is 5.69 Å². The van der Waals surface area contributed by atoms with Gasteiger partial charge in [0, 0.05) is 17.7 Å². The van der Waals surface area contributed by atoms with Crippen LogP contribution in [0.3, 0.4) is 0 Å². The lowest BCUT2D eigenvalue weighted by Crippen LogP contribution is -2.27. The van der Waals surface area contributed by atoms with Crippen molar-refractivity contribution >= 4 is 46.0 Å². The lowest BCUT2D eigenvalue weighted by molar-refractivity contribution is -0.384. The number of carbonyl (C=O) groups is 1. The van der Waals surface area contributed by atoms with E-state index in [9.17, 15) is 14.9 Å². The second-order valence-electron chi connectivity index (χ2n) is 8.18. The van der Waals surface area contributed by atoms with Crippen LogP contribution in [0.5, 0.6) is 11.5 Å². The van der Waals surface area contributed by atoms with E-state index in [0.717, 1.165) is 16.9 Å². The maximum absolute atomic E-state index is 13.1. The molecule has 0 aliphatic carbocycles. The summed E-state index contributed by atoms with van der Waals surface area (Å²) in [6, 6.07) is 19.7. The SMILES string of the molecule is Cc1ccc(OCCOc2ccc([N+](=O)[O-])cc2/C=C2/SC(=S)N(Cc3ccccc3)C2=O)cc1C. The van der Waals surface area contributed by atoms with Gasteiger partial charge in [0.1, 0.15) is 29.0 Å². The maximum Gasteiger partial charge on any atom is 0.270 e. The van der Waals surface area contributed by atoms with E-state index in [-0.39, 0.29) is 24.8 Å². The molecule has 0 aromatic heterocycles. The monoisotopic (exact) mass is 520 g/mol.